The zero-order chi connectivity index (χ0) is 92.5. The summed E-state index contributed by atoms with van der Waals surface area (Å²) in [5.74, 6) is 148. The van der Waals surface area contributed by atoms with Crippen LogP contribution in [0, 0.1) is 399 Å². The summed E-state index contributed by atoms with van der Waals surface area (Å²) in [6.07, 6.45) is 10.4. The van der Waals surface area contributed by atoms with E-state index in [1.165, 1.54) is 0 Å². The Kier molecular flexibility index (Phi) is 66.6. The Morgan fingerprint density at radius 3 is 0.496 bits per heavy atom. The van der Waals surface area contributed by atoms with E-state index in [0.717, 1.165) is 19.4 Å². The Morgan fingerprint density at radius 1 is 0.190 bits per heavy atom. The molecule has 9 heteroatoms. The van der Waals surface area contributed by atoms with E-state index in [9.17, 15) is 28.8 Å². The molecule has 0 aliphatic rings. The molecule has 0 saturated heterocycles. The Morgan fingerprint density at radius 2 is 0.347 bits per heavy atom. The third-order valence-corrected chi connectivity index (χ3v) is 11.4. The molecule has 0 aliphatic heterocycles. The lowest BCUT2D eigenvalue weighted by Gasteiger charge is -2.21. The van der Waals surface area contributed by atoms with Crippen LogP contribution in [-0.4, -0.2) is 54.7 Å². The summed E-state index contributed by atoms with van der Waals surface area (Å²) in [7, 11) is 0. The first-order chi connectivity index (χ1) is 56.6. The summed E-state index contributed by atoms with van der Waals surface area (Å²) in [6.45, 7) is 53.8. The highest BCUT2D eigenvalue weighted by atomic mass is 16.2. The van der Waals surface area contributed by atoms with E-state index >= 15 is 0 Å². The fraction of sp³-hybridized carbons (Fsp3) is 0.411. The third-order valence-electron chi connectivity index (χ3n) is 11.4. The molecule has 0 atom stereocenters. The zero-order valence-corrected chi connectivity index (χ0v) is 75.2. The van der Waals surface area contributed by atoms with Crippen LogP contribution in [0.15, 0.2) is 0 Å². The van der Waals surface area contributed by atoms with Crippen molar-refractivity contribution in [2.75, 3.05) is 19.6 Å². The topological polar surface area (TPSA) is 139 Å². The zero-order valence-electron chi connectivity index (χ0n) is 75.2. The minimum atomic E-state index is -0.0258. The second-order valence-corrected chi connectivity index (χ2v) is 34.2. The van der Waals surface area contributed by atoms with Crippen LogP contribution in [0.1, 0.15) is 237 Å². The molecule has 0 bridgehead atoms. The van der Waals surface area contributed by atoms with Crippen molar-refractivity contribution in [2.24, 2.45) is 43.3 Å². The molecule has 0 spiro atoms. The number of carbonyl (C=O) groups excluding carboxylic acids is 6. The maximum Gasteiger partial charge on any atom is 0.220 e. The largest absolute Gasteiger partial charge is 0.356 e. The predicted octanol–water partition coefficient (Wildman–Crippen LogP) is 13.0. The molecule has 0 heterocycles. The summed E-state index contributed by atoms with van der Waals surface area (Å²) in [5.41, 5.74) is 0.895. The van der Waals surface area contributed by atoms with Crippen molar-refractivity contribution in [3.63, 3.8) is 0 Å². The number of rotatable bonds is 15. The van der Waals surface area contributed by atoms with Gasteiger partial charge in [0.15, 0.2) is 0 Å². The van der Waals surface area contributed by atoms with Gasteiger partial charge in [0, 0.05) is 326 Å². The lowest BCUT2D eigenvalue weighted by Crippen LogP contribution is -2.34. The van der Waals surface area contributed by atoms with Crippen molar-refractivity contribution >= 4 is 35.1 Å². The van der Waals surface area contributed by atoms with E-state index in [1.54, 1.807) is 6.92 Å². The lowest BCUT2D eigenvalue weighted by atomic mass is 9.85. The van der Waals surface area contributed by atoms with Crippen LogP contribution in [-0.2, 0) is 28.8 Å². The molecular weight excluding hydrogens is 1480 g/mol. The fourth-order valence-corrected chi connectivity index (χ4v) is 6.69. The van der Waals surface area contributed by atoms with Gasteiger partial charge in [0.2, 0.25) is 17.7 Å². The SMILES string of the molecule is C#CC#CC#CC#CC#CC#CC#CC#CC#CC#CC#CC#CC#CC#CC#CC#CC#CC#CC#CC#CC#CC#CC#CC#CC#CC#CC#CC#CC#CC#CC.CC(C)(C)CCC(=O)CC(C)(C)C.CC(C)(C)CNC(=O)CC(C)(C)C.CC(C)(C)CNC(=O)CCC(=O)CC(C)(C)C.CC(C)(C)CNC(=O)CCC(=O)CC(C)(C)C. The van der Waals surface area contributed by atoms with Gasteiger partial charge in [-0.2, -0.15) is 0 Å². The normalized spacial score (nSPS) is 8.23. The highest BCUT2D eigenvalue weighted by Gasteiger charge is 2.22. The van der Waals surface area contributed by atoms with Crippen molar-refractivity contribution < 1.29 is 28.8 Å². The second kappa shape index (κ2) is 70.8. The summed E-state index contributed by atoms with van der Waals surface area (Å²) < 4.78 is 0. The average molecular weight is 1590 g/mol. The van der Waals surface area contributed by atoms with Crippen LogP contribution in [0.4, 0.5) is 0 Å². The molecule has 604 valence electrons. The van der Waals surface area contributed by atoms with Gasteiger partial charge in [-0.3, -0.25) is 28.8 Å². The van der Waals surface area contributed by atoms with Crippen molar-refractivity contribution in [1.82, 2.24) is 16.0 Å². The van der Waals surface area contributed by atoms with Gasteiger partial charge in [-0.1, -0.05) is 172 Å². The van der Waals surface area contributed by atoms with Crippen LogP contribution in [0.3, 0.4) is 0 Å². The van der Waals surface area contributed by atoms with E-state index in [-0.39, 0.29) is 72.6 Å². The summed E-state index contributed by atoms with van der Waals surface area (Å²) in [6, 6.07) is 0. The van der Waals surface area contributed by atoms with Gasteiger partial charge in [-0.05, 0) is 151 Å². The van der Waals surface area contributed by atoms with E-state index in [1.807, 2.05) is 41.5 Å². The van der Waals surface area contributed by atoms with Gasteiger partial charge in [0.1, 0.15) is 17.3 Å². The molecule has 0 fully saturated rings. The quantitative estimate of drug-likeness (QED) is 0.140. The van der Waals surface area contributed by atoms with E-state index in [0.29, 0.717) is 70.2 Å². The van der Waals surface area contributed by atoms with Crippen molar-refractivity contribution in [2.45, 2.75) is 237 Å². The molecule has 0 aromatic heterocycles. The number of terminal acetylenes is 1. The number of amides is 3. The molecule has 0 aromatic carbocycles. The third kappa shape index (κ3) is 118. The number of ketones is 3. The molecule has 3 N–H and O–H groups in total. The maximum absolute atomic E-state index is 11.6. The number of hydrogen-bond acceptors (Lipinski definition) is 6. The highest BCUT2D eigenvalue weighted by Crippen LogP contribution is 2.26. The van der Waals surface area contributed by atoms with Crippen molar-refractivity contribution in [1.29, 1.82) is 0 Å². The number of carbonyl (C=O) groups is 6. The molecule has 3 amide bonds. The van der Waals surface area contributed by atoms with E-state index in [4.69, 9.17) is 6.42 Å². The smallest absolute Gasteiger partial charge is 0.220 e. The number of Topliss-reactive ketones (excluding diaryl/α,β-unsaturated/α-hetero) is 3. The molecule has 0 saturated carbocycles. The van der Waals surface area contributed by atoms with Gasteiger partial charge in [0.05, 0.1) is 0 Å². The van der Waals surface area contributed by atoms with Crippen molar-refractivity contribution in [3.05, 3.63) is 0 Å². The Bertz CT molecular complexity index is 5680. The molecule has 0 rings (SSSR count). The van der Waals surface area contributed by atoms with Gasteiger partial charge < -0.3 is 16.0 Å². The maximum atomic E-state index is 11.6. The molecule has 0 unspecified atom stereocenters. The van der Waals surface area contributed by atoms with Crippen LogP contribution in [0.2, 0.25) is 0 Å². The van der Waals surface area contributed by atoms with Gasteiger partial charge >= 0.3 is 0 Å². The monoisotopic (exact) mass is 1590 g/mol. The predicted molar refractivity (Wildman–Crippen MR) is 496 cm³/mol. The number of nitrogens with one attached hydrogen (secondary N) is 3. The van der Waals surface area contributed by atoms with Crippen molar-refractivity contribution in [3.8, 4) is 356 Å². The van der Waals surface area contributed by atoms with Gasteiger partial charge in [-0.15, -0.1) is 6.42 Å². The van der Waals surface area contributed by atoms with Gasteiger partial charge in [-0.25, -0.2) is 0 Å². The molecule has 9 nitrogen and oxygen atoms in total. The van der Waals surface area contributed by atoms with E-state index < -0.39 is 0 Å². The minimum absolute atomic E-state index is 0.0129. The summed E-state index contributed by atoms with van der Waals surface area (Å²) in [5, 5.41) is 8.64. The summed E-state index contributed by atoms with van der Waals surface area (Å²) >= 11 is 0. The second-order valence-electron chi connectivity index (χ2n) is 34.2. The lowest BCUT2D eigenvalue weighted by molar-refractivity contribution is -0.126. The Labute approximate surface area is 731 Å². The molecule has 0 radical (unpaired) electrons. The standard InChI is InChI=1S/C61H4.2C14H27NO2.C12H24O.C11H23NO/c1-3-5-7-9-11-13-15-17-19-21-23-25-27-29-31-33-35-37-39-41-43-45-47-49-51-53-55-57-59-61-60-58-56-54-52-50-48-46-44-42-40-38-36-34-32-30-28-26-24-22-20-18-16-14-12-10-8-6-4-2;2*1-13(2,3)9-11(16)7-8-12(17)15-10-14(4,5)6;1-11(2,3)8-7-10(13)9-12(4,5)6;1-10(2,3)7-9(13)12-8-11(4,5)6/h1H,2H3;2*7-10H2,1-6H3,(H,15,17);7-9H2,1-6H3;7-8H2,1-6H3,(H,12,13). The molecule has 121 heavy (non-hydrogen) atoms. The van der Waals surface area contributed by atoms with Crippen LogP contribution in [0.5, 0.6) is 0 Å². The van der Waals surface area contributed by atoms with Gasteiger partial charge in [0.25, 0.3) is 0 Å². The van der Waals surface area contributed by atoms with Crippen LogP contribution < -0.4 is 16.0 Å². The van der Waals surface area contributed by atoms with Crippen LogP contribution in [0.25, 0.3) is 0 Å². The highest BCUT2D eigenvalue weighted by molar-refractivity contribution is 5.86. The molecular formula is C112H105N3O6. The fourth-order valence-electron chi connectivity index (χ4n) is 6.69. The van der Waals surface area contributed by atoms with Crippen LogP contribution >= 0.6 is 0 Å². The first-order valence-electron chi connectivity index (χ1n) is 37.8. The number of hydrogen-bond donors (Lipinski definition) is 3. The molecule has 0 aromatic rings. The minimum Gasteiger partial charge on any atom is -0.356 e. The first-order valence-corrected chi connectivity index (χ1v) is 37.8. The Hall–Kier alpha value is -15.8. The van der Waals surface area contributed by atoms with E-state index in [2.05, 4.69) is 490 Å². The average Bonchev–Trinajstić information content (AvgIpc) is 0.938. The summed E-state index contributed by atoms with van der Waals surface area (Å²) in [4.78, 5) is 69.1. The Balaban J connectivity index is -0.000000592. The molecule has 0 aliphatic carbocycles. The first kappa shape index (κ1) is 114.